The third kappa shape index (κ3) is 4.42. The number of hydrogen-bond donors (Lipinski definition) is 2. The lowest BCUT2D eigenvalue weighted by molar-refractivity contribution is 0.113. The van der Waals surface area contributed by atoms with Crippen LogP contribution in [0.1, 0.15) is 29.2 Å². The number of benzene rings is 2. The lowest BCUT2D eigenvalue weighted by Gasteiger charge is -2.42. The van der Waals surface area contributed by atoms with Crippen molar-refractivity contribution in [1.82, 2.24) is 24.1 Å². The molecule has 0 aliphatic carbocycles. The number of methoxy groups -OCH3 is 2. The van der Waals surface area contributed by atoms with Crippen LogP contribution in [-0.4, -0.2) is 57.6 Å². The minimum atomic E-state index is -0.638. The Hall–Kier alpha value is -4.90. The highest BCUT2D eigenvalue weighted by atomic mass is 16.5. The van der Waals surface area contributed by atoms with E-state index in [-0.39, 0.29) is 11.1 Å². The Morgan fingerprint density at radius 1 is 0.952 bits per heavy atom. The van der Waals surface area contributed by atoms with Crippen LogP contribution in [0.15, 0.2) is 74.1 Å². The van der Waals surface area contributed by atoms with E-state index >= 15 is 0 Å². The van der Waals surface area contributed by atoms with Crippen molar-refractivity contribution in [3.63, 3.8) is 0 Å². The highest BCUT2D eigenvalue weighted by molar-refractivity contribution is 6.04. The van der Waals surface area contributed by atoms with Gasteiger partial charge in [0.1, 0.15) is 17.0 Å². The molecule has 1 saturated heterocycles. The largest absolute Gasteiger partial charge is 0.497 e. The van der Waals surface area contributed by atoms with Gasteiger partial charge in [-0.05, 0) is 60.4 Å². The van der Waals surface area contributed by atoms with Gasteiger partial charge in [0.2, 0.25) is 0 Å². The highest BCUT2D eigenvalue weighted by Crippen LogP contribution is 2.36. The number of nitrogens with one attached hydrogen (secondary N) is 2. The molecule has 2 aromatic carbocycles. The molecule has 0 saturated carbocycles. The van der Waals surface area contributed by atoms with Crippen molar-refractivity contribution in [1.29, 1.82) is 0 Å². The van der Waals surface area contributed by atoms with Gasteiger partial charge in [-0.1, -0.05) is 6.07 Å². The van der Waals surface area contributed by atoms with E-state index in [1.54, 1.807) is 38.5 Å². The summed E-state index contributed by atoms with van der Waals surface area (Å²) in [5, 5.41) is 4.94. The van der Waals surface area contributed by atoms with Crippen LogP contribution in [0.3, 0.4) is 0 Å². The van der Waals surface area contributed by atoms with E-state index in [0.717, 1.165) is 53.3 Å². The Labute approximate surface area is 239 Å². The van der Waals surface area contributed by atoms with Crippen molar-refractivity contribution >= 4 is 28.2 Å². The molecule has 7 rings (SSSR count). The Balaban J connectivity index is 1.17. The first-order chi connectivity index (χ1) is 20.4. The molecule has 3 aromatic heterocycles. The number of H-pyrrole nitrogens is 2. The third-order valence-corrected chi connectivity index (χ3v) is 8.41. The van der Waals surface area contributed by atoms with E-state index in [0.29, 0.717) is 40.5 Å². The minimum absolute atomic E-state index is 0.0752. The summed E-state index contributed by atoms with van der Waals surface area (Å²) in [6.07, 6.45) is 2.59. The SMILES string of the molecule is COc1ccc2[nH]c3c(=O)n(/N=C\c4ccc(OC)c(CN5C[C@H]6C[C@@H](C5)c5cccc(=O)n5C6)c4)c(=O)[nH]c3c2c1. The zero-order valence-corrected chi connectivity index (χ0v) is 23.3. The van der Waals surface area contributed by atoms with Crippen molar-refractivity contribution in [3.05, 3.63) is 103 Å². The number of fused-ring (bicyclic) bond motifs is 7. The molecule has 2 bridgehead atoms. The normalized spacial score (nSPS) is 18.5. The van der Waals surface area contributed by atoms with Crippen molar-refractivity contribution in [3.8, 4) is 11.5 Å². The number of pyridine rings is 1. The fourth-order valence-corrected chi connectivity index (χ4v) is 6.54. The minimum Gasteiger partial charge on any atom is -0.497 e. The van der Waals surface area contributed by atoms with Gasteiger partial charge in [0.05, 0.1) is 26.0 Å². The zero-order valence-electron chi connectivity index (χ0n) is 23.3. The zero-order chi connectivity index (χ0) is 29.0. The van der Waals surface area contributed by atoms with Gasteiger partial charge in [-0.3, -0.25) is 14.5 Å². The first-order valence-corrected chi connectivity index (χ1v) is 13.9. The van der Waals surface area contributed by atoms with E-state index < -0.39 is 11.2 Å². The number of rotatable bonds is 6. The molecule has 2 aliphatic rings. The van der Waals surface area contributed by atoms with Crippen LogP contribution in [0.4, 0.5) is 0 Å². The smallest absolute Gasteiger partial charge is 0.350 e. The molecule has 2 aliphatic heterocycles. The predicted molar refractivity (Wildman–Crippen MR) is 160 cm³/mol. The molecule has 5 aromatic rings. The average Bonchev–Trinajstić information content (AvgIpc) is 3.35. The summed E-state index contributed by atoms with van der Waals surface area (Å²) in [5.74, 6) is 2.09. The summed E-state index contributed by atoms with van der Waals surface area (Å²) in [4.78, 5) is 46.8. The van der Waals surface area contributed by atoms with Gasteiger partial charge in [-0.15, -0.1) is 4.68 Å². The first kappa shape index (κ1) is 26.0. The van der Waals surface area contributed by atoms with E-state index in [1.165, 1.54) is 6.21 Å². The lowest BCUT2D eigenvalue weighted by Crippen LogP contribution is -2.46. The second-order valence-corrected chi connectivity index (χ2v) is 11.0. The number of nitrogens with zero attached hydrogens (tertiary/aromatic N) is 4. The number of aromatic amines is 2. The summed E-state index contributed by atoms with van der Waals surface area (Å²) in [6.45, 7) is 3.14. The average molecular weight is 567 g/mol. The number of ether oxygens (including phenoxy) is 2. The molecule has 2 atom stereocenters. The maximum Gasteiger partial charge on any atom is 0.350 e. The van der Waals surface area contributed by atoms with Crippen LogP contribution in [0, 0.1) is 5.92 Å². The Morgan fingerprint density at radius 3 is 2.67 bits per heavy atom. The summed E-state index contributed by atoms with van der Waals surface area (Å²) in [5.41, 5.74) is 3.08. The van der Waals surface area contributed by atoms with Crippen LogP contribution in [-0.2, 0) is 13.1 Å². The topological polar surface area (TPSA) is 127 Å². The number of hydrogen-bond acceptors (Lipinski definition) is 7. The summed E-state index contributed by atoms with van der Waals surface area (Å²) in [6, 6.07) is 16.6. The van der Waals surface area contributed by atoms with Gasteiger partial charge >= 0.3 is 11.2 Å². The van der Waals surface area contributed by atoms with Crippen LogP contribution < -0.4 is 26.3 Å². The van der Waals surface area contributed by atoms with E-state index in [9.17, 15) is 14.4 Å². The molecular formula is C31H30N6O5. The standard InChI is InChI=1S/C31H30N6O5/c1-41-22-7-8-24-23(12-22)28-29(33-24)30(39)37(31(40)34-28)32-13-18-6-9-26(42-2)21(10-18)17-35-14-19-11-20(16-35)25-4-3-5-27(38)36(25)15-19/h3-10,12-13,19-20,33H,11,14-17H2,1-2H3,(H,34,40)/b32-13-/t19-,20+/m1/s1. The lowest BCUT2D eigenvalue weighted by atomic mass is 9.83. The highest BCUT2D eigenvalue weighted by Gasteiger charge is 2.34. The van der Waals surface area contributed by atoms with Crippen LogP contribution >= 0.6 is 0 Å². The summed E-state index contributed by atoms with van der Waals surface area (Å²) >= 11 is 0. The van der Waals surface area contributed by atoms with Crippen molar-refractivity contribution < 1.29 is 9.47 Å². The Bertz CT molecular complexity index is 2050. The van der Waals surface area contributed by atoms with Crippen molar-refractivity contribution in [2.24, 2.45) is 11.0 Å². The molecule has 214 valence electrons. The number of likely N-dealkylation sites (tertiary alicyclic amines) is 1. The molecule has 0 spiro atoms. The molecule has 11 nitrogen and oxygen atoms in total. The van der Waals surface area contributed by atoms with E-state index in [1.807, 2.05) is 28.8 Å². The second kappa shape index (κ2) is 10.2. The van der Waals surface area contributed by atoms with Gasteiger partial charge < -0.3 is 24.0 Å². The first-order valence-electron chi connectivity index (χ1n) is 13.9. The van der Waals surface area contributed by atoms with Gasteiger partial charge in [0.15, 0.2) is 0 Å². The fourth-order valence-electron chi connectivity index (χ4n) is 6.54. The predicted octanol–water partition coefficient (Wildman–Crippen LogP) is 2.85. The monoisotopic (exact) mass is 566 g/mol. The van der Waals surface area contributed by atoms with Crippen molar-refractivity contribution in [2.45, 2.75) is 25.4 Å². The quantitative estimate of drug-likeness (QED) is 0.305. The molecule has 11 heteroatoms. The van der Waals surface area contributed by atoms with Crippen LogP contribution in [0.5, 0.6) is 11.5 Å². The third-order valence-electron chi connectivity index (χ3n) is 8.41. The number of aromatic nitrogens is 4. The molecule has 1 fully saturated rings. The maximum atomic E-state index is 13.2. The summed E-state index contributed by atoms with van der Waals surface area (Å²) < 4.78 is 13.7. The summed E-state index contributed by atoms with van der Waals surface area (Å²) in [7, 11) is 3.20. The maximum absolute atomic E-state index is 13.2. The number of piperidine rings is 1. The van der Waals surface area contributed by atoms with Crippen LogP contribution in [0.2, 0.25) is 0 Å². The molecule has 42 heavy (non-hydrogen) atoms. The Morgan fingerprint density at radius 2 is 1.83 bits per heavy atom. The molecule has 0 amide bonds. The van der Waals surface area contributed by atoms with Gasteiger partial charge in [0, 0.05) is 60.3 Å². The molecule has 0 radical (unpaired) electrons. The molecular weight excluding hydrogens is 536 g/mol. The van der Waals surface area contributed by atoms with E-state index in [2.05, 4.69) is 26.0 Å². The van der Waals surface area contributed by atoms with E-state index in [4.69, 9.17) is 9.47 Å². The molecule has 2 N–H and O–H groups in total. The van der Waals surface area contributed by atoms with Gasteiger partial charge in [-0.25, -0.2) is 4.79 Å². The Kier molecular flexibility index (Phi) is 6.31. The van der Waals surface area contributed by atoms with Crippen LogP contribution in [0.25, 0.3) is 21.9 Å². The fraction of sp³-hybridized carbons (Fsp3) is 0.290. The molecule has 0 unspecified atom stereocenters. The molecule has 5 heterocycles. The second-order valence-electron chi connectivity index (χ2n) is 11.0. The van der Waals surface area contributed by atoms with Gasteiger partial charge in [0.25, 0.3) is 5.56 Å². The van der Waals surface area contributed by atoms with Crippen molar-refractivity contribution in [2.75, 3.05) is 27.3 Å². The van der Waals surface area contributed by atoms with Gasteiger partial charge in [-0.2, -0.15) is 5.10 Å².